The summed E-state index contributed by atoms with van der Waals surface area (Å²) >= 11 is 0. The van der Waals surface area contributed by atoms with Crippen LogP contribution in [0.1, 0.15) is 38.8 Å². The first kappa shape index (κ1) is 28.1. The van der Waals surface area contributed by atoms with Gasteiger partial charge in [0.05, 0.1) is 0 Å². The topological polar surface area (TPSA) is 38.7 Å². The Morgan fingerprint density at radius 3 is 1.61 bits per heavy atom. The summed E-state index contributed by atoms with van der Waals surface area (Å²) in [5.41, 5.74) is 10.4. The van der Waals surface area contributed by atoms with Crippen LogP contribution in [0.4, 0.5) is 0 Å². The molecule has 0 aliphatic heterocycles. The van der Waals surface area contributed by atoms with Gasteiger partial charge >= 0.3 is 0 Å². The molecular formula is C43H35N3. The van der Waals surface area contributed by atoms with Crippen molar-refractivity contribution in [3.63, 3.8) is 0 Å². The maximum Gasteiger partial charge on any atom is 0.164 e. The van der Waals surface area contributed by atoms with Gasteiger partial charge in [-0.3, -0.25) is 0 Å². The summed E-state index contributed by atoms with van der Waals surface area (Å²) < 4.78 is 0. The Morgan fingerprint density at radius 2 is 0.913 bits per heavy atom. The molecule has 1 heterocycles. The van der Waals surface area contributed by atoms with Crippen LogP contribution < -0.4 is 0 Å². The lowest BCUT2D eigenvalue weighted by Gasteiger charge is -2.49. The molecule has 0 unspecified atom stereocenters. The summed E-state index contributed by atoms with van der Waals surface area (Å²) in [6.45, 7) is 9.54. The number of aromatic nitrogens is 3. The highest BCUT2D eigenvalue weighted by Crippen LogP contribution is 2.56. The van der Waals surface area contributed by atoms with E-state index >= 15 is 0 Å². The number of nitrogens with zero attached hydrogens (tertiary/aromatic N) is 3. The van der Waals surface area contributed by atoms with Crippen LogP contribution in [0.2, 0.25) is 0 Å². The van der Waals surface area contributed by atoms with E-state index in [9.17, 15) is 0 Å². The van der Waals surface area contributed by atoms with E-state index < -0.39 is 0 Å². The van der Waals surface area contributed by atoms with Crippen LogP contribution >= 0.6 is 0 Å². The van der Waals surface area contributed by atoms with Gasteiger partial charge in [-0.25, -0.2) is 15.0 Å². The Morgan fingerprint density at radius 1 is 0.370 bits per heavy atom. The molecule has 0 atom stereocenters. The molecule has 0 saturated carbocycles. The third kappa shape index (κ3) is 4.46. The minimum absolute atomic E-state index is 0.111. The average Bonchev–Trinajstić information content (AvgIpc) is 3.11. The summed E-state index contributed by atoms with van der Waals surface area (Å²) in [4.78, 5) is 15.2. The molecule has 7 aromatic rings. The van der Waals surface area contributed by atoms with Crippen LogP contribution in [0.5, 0.6) is 0 Å². The van der Waals surface area contributed by atoms with Crippen LogP contribution in [-0.2, 0) is 10.8 Å². The quantitative estimate of drug-likeness (QED) is 0.204. The summed E-state index contributed by atoms with van der Waals surface area (Å²) in [5, 5.41) is 2.35. The van der Waals surface area contributed by atoms with Gasteiger partial charge in [0, 0.05) is 22.1 Å². The highest BCUT2D eigenvalue weighted by atomic mass is 15.0. The zero-order valence-electron chi connectivity index (χ0n) is 26.6. The highest BCUT2D eigenvalue weighted by Gasteiger charge is 2.47. The first-order chi connectivity index (χ1) is 22.3. The second-order valence-electron chi connectivity index (χ2n) is 13.3. The zero-order valence-corrected chi connectivity index (χ0v) is 26.6. The van der Waals surface area contributed by atoms with Gasteiger partial charge in [0.1, 0.15) is 0 Å². The van der Waals surface area contributed by atoms with Crippen molar-refractivity contribution < 1.29 is 0 Å². The predicted molar refractivity (Wildman–Crippen MR) is 191 cm³/mol. The maximum atomic E-state index is 5.12. The summed E-state index contributed by atoms with van der Waals surface area (Å²) in [6, 6.07) is 49.3. The Kier molecular flexibility index (Phi) is 6.47. The smallest absolute Gasteiger partial charge is 0.164 e. The molecular weight excluding hydrogens is 558 g/mol. The molecule has 6 aromatic carbocycles. The lowest BCUT2D eigenvalue weighted by molar-refractivity contribution is 0.300. The maximum absolute atomic E-state index is 5.12. The lowest BCUT2D eigenvalue weighted by atomic mass is 9.54. The van der Waals surface area contributed by atoms with Crippen LogP contribution in [0.15, 0.2) is 140 Å². The summed E-state index contributed by atoms with van der Waals surface area (Å²) in [5.74, 6) is 2.00. The van der Waals surface area contributed by atoms with Crippen molar-refractivity contribution in [2.75, 3.05) is 0 Å². The number of fused-ring (bicyclic) bond motifs is 4. The largest absolute Gasteiger partial charge is 0.208 e. The molecule has 1 aromatic heterocycles. The Bertz CT molecular complexity index is 2250. The van der Waals surface area contributed by atoms with Crippen molar-refractivity contribution >= 4 is 10.8 Å². The molecule has 222 valence electrons. The van der Waals surface area contributed by atoms with Crippen molar-refractivity contribution in [1.29, 1.82) is 0 Å². The molecule has 8 rings (SSSR count). The Labute approximate surface area is 270 Å². The minimum Gasteiger partial charge on any atom is -0.208 e. The molecule has 0 amide bonds. The van der Waals surface area contributed by atoms with Gasteiger partial charge in [0.2, 0.25) is 0 Å². The third-order valence-corrected chi connectivity index (χ3v) is 10.3. The first-order valence-corrected chi connectivity index (χ1v) is 16.0. The van der Waals surface area contributed by atoms with Crippen molar-refractivity contribution in [2.24, 2.45) is 0 Å². The number of benzene rings is 6. The predicted octanol–water partition coefficient (Wildman–Crippen LogP) is 10.9. The Balaban J connectivity index is 1.34. The van der Waals surface area contributed by atoms with E-state index in [0.717, 1.165) is 22.1 Å². The second-order valence-corrected chi connectivity index (χ2v) is 13.3. The van der Waals surface area contributed by atoms with Gasteiger partial charge in [-0.2, -0.15) is 0 Å². The average molecular weight is 594 g/mol. The Hall–Kier alpha value is -5.41. The number of hydrogen-bond acceptors (Lipinski definition) is 3. The van der Waals surface area contributed by atoms with E-state index in [1.807, 2.05) is 18.2 Å². The molecule has 46 heavy (non-hydrogen) atoms. The van der Waals surface area contributed by atoms with Crippen LogP contribution in [0, 0.1) is 0 Å². The first-order valence-electron chi connectivity index (χ1n) is 16.0. The number of hydrogen-bond donors (Lipinski definition) is 0. The van der Waals surface area contributed by atoms with Gasteiger partial charge in [-0.15, -0.1) is 0 Å². The molecule has 3 nitrogen and oxygen atoms in total. The fourth-order valence-corrected chi connectivity index (χ4v) is 7.09. The molecule has 0 bridgehead atoms. The van der Waals surface area contributed by atoms with E-state index in [1.54, 1.807) is 0 Å². The standard InChI is InChI=1S/C43H35N3/c1-42(2)37-25-24-33(27-36(37)35-21-13-20-34(38(35)43(42,3)4)29-15-7-5-8-16-29)41-45-39(30-17-9-6-10-18-30)44-40(46-41)32-23-22-28-14-11-12-19-31(28)26-32/h5-27H,1-4H3. The fraction of sp³-hybridized carbons (Fsp3) is 0.140. The van der Waals surface area contributed by atoms with E-state index in [0.29, 0.717) is 17.5 Å². The van der Waals surface area contributed by atoms with Crippen LogP contribution in [0.3, 0.4) is 0 Å². The van der Waals surface area contributed by atoms with Crippen molar-refractivity contribution in [3.8, 4) is 56.4 Å². The lowest BCUT2D eigenvalue weighted by Crippen LogP contribution is -2.44. The fourth-order valence-electron chi connectivity index (χ4n) is 7.09. The zero-order chi connectivity index (χ0) is 31.5. The normalized spacial score (nSPS) is 14.4. The van der Waals surface area contributed by atoms with E-state index in [-0.39, 0.29) is 10.8 Å². The van der Waals surface area contributed by atoms with Crippen molar-refractivity contribution in [1.82, 2.24) is 15.0 Å². The second kappa shape index (κ2) is 10.6. The van der Waals surface area contributed by atoms with Crippen LogP contribution in [-0.4, -0.2) is 15.0 Å². The molecule has 3 heteroatoms. The third-order valence-electron chi connectivity index (χ3n) is 10.3. The highest BCUT2D eigenvalue weighted by molar-refractivity contribution is 5.88. The summed E-state index contributed by atoms with van der Waals surface area (Å²) in [6.07, 6.45) is 0. The van der Waals surface area contributed by atoms with Gasteiger partial charge in [0.25, 0.3) is 0 Å². The van der Waals surface area contributed by atoms with E-state index in [1.165, 1.54) is 38.8 Å². The van der Waals surface area contributed by atoms with Crippen molar-refractivity contribution in [3.05, 3.63) is 151 Å². The molecule has 0 radical (unpaired) electrons. The molecule has 0 spiro atoms. The number of rotatable bonds is 4. The monoisotopic (exact) mass is 593 g/mol. The van der Waals surface area contributed by atoms with Gasteiger partial charge in [0.15, 0.2) is 17.5 Å². The van der Waals surface area contributed by atoms with Crippen LogP contribution in [0.25, 0.3) is 67.2 Å². The molecule has 0 N–H and O–H groups in total. The summed E-state index contributed by atoms with van der Waals surface area (Å²) in [7, 11) is 0. The molecule has 0 saturated heterocycles. The van der Waals surface area contributed by atoms with Gasteiger partial charge in [-0.05, 0) is 61.7 Å². The SMILES string of the molecule is CC1(C)c2ccc(-c3nc(-c4ccccc4)nc(-c4ccc5ccccc5c4)n3)cc2-c2cccc(-c3ccccc3)c2C1(C)C. The molecule has 1 aliphatic rings. The van der Waals surface area contributed by atoms with E-state index in [4.69, 9.17) is 15.0 Å². The van der Waals surface area contributed by atoms with Crippen molar-refractivity contribution in [2.45, 2.75) is 38.5 Å². The molecule has 0 fully saturated rings. The molecule has 1 aliphatic carbocycles. The van der Waals surface area contributed by atoms with E-state index in [2.05, 4.69) is 149 Å². The minimum atomic E-state index is -0.122. The van der Waals surface area contributed by atoms with Gasteiger partial charge < -0.3 is 0 Å². The van der Waals surface area contributed by atoms with Gasteiger partial charge in [-0.1, -0.05) is 155 Å².